The molecule has 4 rings (SSSR count). The molecule has 0 saturated carbocycles. The van der Waals surface area contributed by atoms with Gasteiger partial charge in [0.25, 0.3) is 11.8 Å². The van der Waals surface area contributed by atoms with Crippen molar-refractivity contribution in [3.8, 4) is 0 Å². The number of halogens is 1. The molecule has 0 unspecified atom stereocenters. The van der Waals surface area contributed by atoms with Crippen LogP contribution in [-0.2, 0) is 7.05 Å². The lowest BCUT2D eigenvalue weighted by molar-refractivity contribution is 0.0689. The lowest BCUT2D eigenvalue weighted by Crippen LogP contribution is -2.41. The fourth-order valence-corrected chi connectivity index (χ4v) is 4.99. The number of rotatable bonds is 4. The van der Waals surface area contributed by atoms with Gasteiger partial charge in [-0.2, -0.15) is 5.10 Å². The second-order valence-electron chi connectivity index (χ2n) is 7.09. The summed E-state index contributed by atoms with van der Waals surface area (Å²) >= 11 is 7.91. The third-order valence-electron chi connectivity index (χ3n) is 5.15. The van der Waals surface area contributed by atoms with Gasteiger partial charge in [0.1, 0.15) is 4.88 Å². The Hall–Kier alpha value is -2.38. The molecule has 1 aliphatic heterocycles. The maximum Gasteiger partial charge on any atom is 0.265 e. The summed E-state index contributed by atoms with van der Waals surface area (Å²) in [6.07, 6.45) is 4.99. The zero-order chi connectivity index (χ0) is 19.7. The van der Waals surface area contributed by atoms with Crippen LogP contribution in [0, 0.1) is 5.92 Å². The van der Waals surface area contributed by atoms with E-state index in [-0.39, 0.29) is 11.8 Å². The highest BCUT2D eigenvalue weighted by molar-refractivity contribution is 7.21. The van der Waals surface area contributed by atoms with Crippen molar-refractivity contribution in [2.24, 2.45) is 13.0 Å². The summed E-state index contributed by atoms with van der Waals surface area (Å²) in [5, 5.41) is 8.47. The van der Waals surface area contributed by atoms with Gasteiger partial charge in [0.15, 0.2) is 0 Å². The molecule has 0 aliphatic carbocycles. The first-order valence-electron chi connectivity index (χ1n) is 9.26. The van der Waals surface area contributed by atoms with Crippen LogP contribution in [0.5, 0.6) is 0 Å². The van der Waals surface area contributed by atoms with Gasteiger partial charge in [-0.15, -0.1) is 11.3 Å². The molecule has 2 aromatic heterocycles. The molecule has 3 aromatic rings. The van der Waals surface area contributed by atoms with E-state index in [0.29, 0.717) is 41.0 Å². The van der Waals surface area contributed by atoms with Gasteiger partial charge in [0.05, 0.1) is 16.8 Å². The summed E-state index contributed by atoms with van der Waals surface area (Å²) in [6.45, 7) is 1.97. The number of benzene rings is 1. The van der Waals surface area contributed by atoms with Gasteiger partial charge in [0.2, 0.25) is 0 Å². The molecule has 8 heteroatoms. The number of thiophene rings is 1. The fourth-order valence-electron chi connectivity index (χ4n) is 3.51. The van der Waals surface area contributed by atoms with Crippen molar-refractivity contribution in [2.45, 2.75) is 12.8 Å². The third-order valence-corrected chi connectivity index (χ3v) is 6.81. The zero-order valence-corrected chi connectivity index (χ0v) is 17.1. The Bertz CT molecular complexity index is 1020. The highest BCUT2D eigenvalue weighted by atomic mass is 35.5. The molecule has 6 nitrogen and oxygen atoms in total. The Kier molecular flexibility index (Phi) is 5.37. The number of likely N-dealkylation sites (tertiary alicyclic amines) is 1. The number of carbonyl (C=O) groups excluding carboxylic acids is 2. The number of amides is 2. The van der Waals surface area contributed by atoms with Gasteiger partial charge in [-0.3, -0.25) is 14.3 Å². The molecule has 0 spiro atoms. The molecular weight excluding hydrogens is 396 g/mol. The average Bonchev–Trinajstić information content (AvgIpc) is 3.30. The normalized spacial score (nSPS) is 15.1. The van der Waals surface area contributed by atoms with Crippen molar-refractivity contribution in [1.82, 2.24) is 20.0 Å². The number of hydrogen-bond acceptors (Lipinski definition) is 4. The Morgan fingerprint density at radius 1 is 1.29 bits per heavy atom. The largest absolute Gasteiger partial charge is 0.352 e. The maximum absolute atomic E-state index is 12.9. The van der Waals surface area contributed by atoms with E-state index in [1.165, 1.54) is 11.3 Å². The molecule has 0 atom stereocenters. The van der Waals surface area contributed by atoms with Crippen LogP contribution < -0.4 is 5.32 Å². The molecule has 0 radical (unpaired) electrons. The fraction of sp³-hybridized carbons (Fsp3) is 0.350. The van der Waals surface area contributed by atoms with E-state index in [4.69, 9.17) is 11.6 Å². The predicted molar refractivity (Wildman–Crippen MR) is 111 cm³/mol. The highest BCUT2D eigenvalue weighted by Gasteiger charge is 2.27. The molecule has 1 fully saturated rings. The van der Waals surface area contributed by atoms with Crippen molar-refractivity contribution in [2.75, 3.05) is 19.6 Å². The van der Waals surface area contributed by atoms with Crippen LogP contribution in [0.15, 0.2) is 36.7 Å². The van der Waals surface area contributed by atoms with Crippen LogP contribution in [0.3, 0.4) is 0 Å². The number of carbonyl (C=O) groups is 2. The van der Waals surface area contributed by atoms with Crippen LogP contribution in [0.25, 0.3) is 10.1 Å². The maximum atomic E-state index is 12.9. The Morgan fingerprint density at radius 2 is 2.04 bits per heavy atom. The second-order valence-corrected chi connectivity index (χ2v) is 8.52. The summed E-state index contributed by atoms with van der Waals surface area (Å²) in [4.78, 5) is 27.5. The minimum Gasteiger partial charge on any atom is -0.352 e. The molecule has 1 saturated heterocycles. The summed E-state index contributed by atoms with van der Waals surface area (Å²) in [6, 6.07) is 7.82. The van der Waals surface area contributed by atoms with Gasteiger partial charge in [-0.25, -0.2) is 0 Å². The van der Waals surface area contributed by atoms with Crippen molar-refractivity contribution in [3.05, 3.63) is 52.1 Å². The lowest BCUT2D eigenvalue weighted by atomic mass is 9.96. The number of aromatic nitrogens is 2. The number of fused-ring (bicyclic) bond motifs is 1. The first-order chi connectivity index (χ1) is 13.5. The molecule has 2 amide bonds. The molecule has 1 aromatic carbocycles. The molecule has 1 aliphatic rings. The number of piperidine rings is 1. The van der Waals surface area contributed by atoms with Crippen LogP contribution in [0.4, 0.5) is 0 Å². The average molecular weight is 417 g/mol. The van der Waals surface area contributed by atoms with Crippen LogP contribution in [0.1, 0.15) is 32.9 Å². The van der Waals surface area contributed by atoms with Crippen LogP contribution in [-0.4, -0.2) is 46.1 Å². The summed E-state index contributed by atoms with van der Waals surface area (Å²) in [7, 11) is 1.78. The first-order valence-corrected chi connectivity index (χ1v) is 10.5. The van der Waals surface area contributed by atoms with Crippen LogP contribution in [0.2, 0.25) is 5.02 Å². The van der Waals surface area contributed by atoms with Crippen LogP contribution >= 0.6 is 22.9 Å². The lowest BCUT2D eigenvalue weighted by Gasteiger charge is -2.31. The van der Waals surface area contributed by atoms with Crippen molar-refractivity contribution < 1.29 is 9.59 Å². The number of aryl methyl sites for hydroxylation is 1. The quantitative estimate of drug-likeness (QED) is 0.707. The smallest absolute Gasteiger partial charge is 0.265 e. The summed E-state index contributed by atoms with van der Waals surface area (Å²) in [5.74, 6) is 0.260. The molecule has 28 heavy (non-hydrogen) atoms. The van der Waals surface area contributed by atoms with Gasteiger partial charge in [0, 0.05) is 43.0 Å². The van der Waals surface area contributed by atoms with Gasteiger partial charge >= 0.3 is 0 Å². The molecular formula is C20H21ClN4O2S. The zero-order valence-electron chi connectivity index (χ0n) is 15.5. The van der Waals surface area contributed by atoms with E-state index >= 15 is 0 Å². The minimum absolute atomic E-state index is 0.00375. The molecule has 0 bridgehead atoms. The molecule has 3 heterocycles. The van der Waals surface area contributed by atoms with Crippen molar-refractivity contribution in [3.63, 3.8) is 0 Å². The summed E-state index contributed by atoms with van der Waals surface area (Å²) < 4.78 is 2.64. The minimum atomic E-state index is -0.108. The Morgan fingerprint density at radius 3 is 2.71 bits per heavy atom. The van der Waals surface area contributed by atoms with Gasteiger partial charge in [-0.05, 0) is 24.8 Å². The topological polar surface area (TPSA) is 67.2 Å². The van der Waals surface area contributed by atoms with E-state index in [1.54, 1.807) is 24.1 Å². The van der Waals surface area contributed by atoms with E-state index in [0.717, 1.165) is 22.9 Å². The standard InChI is InChI=1S/C20H21ClN4O2S/c1-24-12-14(11-23-24)19(26)22-10-13-6-8-25(9-7-13)20(27)18-17(21)15-4-2-3-5-16(15)28-18/h2-5,11-13H,6-10H2,1H3,(H,22,26). The van der Waals surface area contributed by atoms with Gasteiger partial charge < -0.3 is 10.2 Å². The summed E-state index contributed by atoms with van der Waals surface area (Å²) in [5.41, 5.74) is 0.564. The number of nitrogens with one attached hydrogen (secondary N) is 1. The van der Waals surface area contributed by atoms with E-state index in [2.05, 4.69) is 10.4 Å². The first kappa shape index (κ1) is 19.0. The molecule has 146 valence electrons. The highest BCUT2D eigenvalue weighted by Crippen LogP contribution is 2.36. The van der Waals surface area contributed by atoms with Gasteiger partial charge in [-0.1, -0.05) is 29.8 Å². The third kappa shape index (κ3) is 3.77. The predicted octanol–water partition coefficient (Wildman–Crippen LogP) is 3.57. The second kappa shape index (κ2) is 7.93. The number of hydrogen-bond donors (Lipinski definition) is 1. The Labute approximate surface area is 172 Å². The molecule has 1 N–H and O–H groups in total. The van der Waals surface area contributed by atoms with Crippen molar-refractivity contribution in [1.29, 1.82) is 0 Å². The van der Waals surface area contributed by atoms with E-state index in [9.17, 15) is 9.59 Å². The van der Waals surface area contributed by atoms with E-state index in [1.807, 2.05) is 29.2 Å². The SMILES string of the molecule is Cn1cc(C(=O)NCC2CCN(C(=O)c3sc4ccccc4c3Cl)CC2)cn1. The van der Waals surface area contributed by atoms with E-state index < -0.39 is 0 Å². The van der Waals surface area contributed by atoms with Crippen molar-refractivity contribution >= 4 is 44.8 Å². The Balaban J connectivity index is 1.32. The monoisotopic (exact) mass is 416 g/mol. The number of nitrogens with zero attached hydrogens (tertiary/aromatic N) is 3.